The van der Waals surface area contributed by atoms with Crippen LogP contribution in [0.5, 0.6) is 0 Å². The second-order valence-electron chi connectivity index (χ2n) is 8.69. The molecule has 1 aromatic carbocycles. The Morgan fingerprint density at radius 3 is 2.82 bits per heavy atom. The summed E-state index contributed by atoms with van der Waals surface area (Å²) >= 11 is 0. The van der Waals surface area contributed by atoms with Crippen LogP contribution in [0.3, 0.4) is 0 Å². The molecule has 3 aromatic rings. The van der Waals surface area contributed by atoms with Gasteiger partial charge in [-0.05, 0) is 63.5 Å². The van der Waals surface area contributed by atoms with Gasteiger partial charge in [-0.25, -0.2) is 9.97 Å². The van der Waals surface area contributed by atoms with E-state index in [0.29, 0.717) is 12.0 Å². The van der Waals surface area contributed by atoms with E-state index in [1.54, 1.807) is 7.05 Å². The first kappa shape index (κ1) is 23.0. The summed E-state index contributed by atoms with van der Waals surface area (Å²) in [7, 11) is 1.64. The number of rotatable bonds is 9. The number of amides is 1. The Bertz CT molecular complexity index is 1170. The minimum atomic E-state index is -0.110. The smallest absolute Gasteiger partial charge is 0.251 e. The number of aromatic nitrogens is 3. The fraction of sp³-hybridized carbons (Fsp3) is 0.423. The molecule has 0 saturated carbocycles. The summed E-state index contributed by atoms with van der Waals surface area (Å²) in [5.41, 5.74) is 3.23. The summed E-state index contributed by atoms with van der Waals surface area (Å²) in [5, 5.41) is 8.23. The highest BCUT2D eigenvalue weighted by atomic mass is 16.1. The third kappa shape index (κ3) is 5.42. The zero-order chi connectivity index (χ0) is 23.2. The molecule has 0 atom stereocenters. The molecule has 174 valence electrons. The topological polar surface area (TPSA) is 85.9 Å². The first-order chi connectivity index (χ1) is 16.1. The highest BCUT2D eigenvalue weighted by Crippen LogP contribution is 2.30. The van der Waals surface area contributed by atoms with Gasteiger partial charge < -0.3 is 20.5 Å². The van der Waals surface area contributed by atoms with Crippen molar-refractivity contribution in [3.8, 4) is 0 Å². The molecule has 33 heavy (non-hydrogen) atoms. The number of likely N-dealkylation sites (tertiary alicyclic amines) is 1. The Morgan fingerprint density at radius 1 is 1.24 bits per heavy atom. The van der Waals surface area contributed by atoms with Gasteiger partial charge in [0.2, 0.25) is 0 Å². The zero-order valence-electron chi connectivity index (χ0n) is 19.7. The molecule has 4 rings (SSSR count). The number of nitrogens with zero attached hydrogens (tertiary/aromatic N) is 3. The van der Waals surface area contributed by atoms with Crippen LogP contribution in [0.15, 0.2) is 42.5 Å². The van der Waals surface area contributed by atoms with Crippen LogP contribution < -0.4 is 10.6 Å². The molecule has 0 aliphatic carbocycles. The number of piperidine rings is 1. The van der Waals surface area contributed by atoms with Crippen molar-refractivity contribution in [3.63, 3.8) is 0 Å². The molecular weight excluding hydrogens is 412 g/mol. The van der Waals surface area contributed by atoms with Crippen molar-refractivity contribution in [1.29, 1.82) is 0 Å². The van der Waals surface area contributed by atoms with E-state index in [-0.39, 0.29) is 5.91 Å². The molecule has 1 fully saturated rings. The van der Waals surface area contributed by atoms with Gasteiger partial charge in [-0.3, -0.25) is 4.79 Å². The van der Waals surface area contributed by atoms with Crippen molar-refractivity contribution in [2.75, 3.05) is 38.5 Å². The van der Waals surface area contributed by atoms with E-state index in [0.717, 1.165) is 58.7 Å². The van der Waals surface area contributed by atoms with Gasteiger partial charge in [-0.15, -0.1) is 0 Å². The molecule has 3 heterocycles. The Kier molecular flexibility index (Phi) is 7.40. The van der Waals surface area contributed by atoms with Gasteiger partial charge in [0.1, 0.15) is 17.3 Å². The fourth-order valence-electron chi connectivity index (χ4n) is 4.53. The summed E-state index contributed by atoms with van der Waals surface area (Å²) in [6.45, 7) is 10.5. The van der Waals surface area contributed by atoms with Crippen molar-refractivity contribution in [1.82, 2.24) is 25.2 Å². The number of allylic oxidation sites excluding steroid dienone is 3. The van der Waals surface area contributed by atoms with Crippen molar-refractivity contribution >= 4 is 33.7 Å². The van der Waals surface area contributed by atoms with Crippen LogP contribution in [0.25, 0.3) is 21.9 Å². The Balaban J connectivity index is 1.62. The molecular formula is C26H34N6O. The minimum absolute atomic E-state index is 0.110. The molecule has 7 heteroatoms. The number of hydrogen-bond donors (Lipinski definition) is 3. The maximum absolute atomic E-state index is 12.1. The van der Waals surface area contributed by atoms with Crippen molar-refractivity contribution in [3.05, 3.63) is 53.9 Å². The summed E-state index contributed by atoms with van der Waals surface area (Å²) in [6, 6.07) is 5.68. The average molecular weight is 447 g/mol. The summed E-state index contributed by atoms with van der Waals surface area (Å²) < 4.78 is 0. The van der Waals surface area contributed by atoms with E-state index in [4.69, 9.17) is 9.97 Å². The second kappa shape index (κ2) is 10.6. The first-order valence-corrected chi connectivity index (χ1v) is 11.9. The van der Waals surface area contributed by atoms with Crippen LogP contribution in [0.1, 0.15) is 48.8 Å². The number of hydrogen-bond acceptors (Lipinski definition) is 5. The average Bonchev–Trinajstić information content (AvgIpc) is 3.19. The van der Waals surface area contributed by atoms with Crippen LogP contribution in [-0.2, 0) is 6.42 Å². The lowest BCUT2D eigenvalue weighted by Crippen LogP contribution is -2.31. The predicted octanol–water partition coefficient (Wildman–Crippen LogP) is 4.43. The lowest BCUT2D eigenvalue weighted by Gasteiger charge is -2.26. The van der Waals surface area contributed by atoms with Crippen molar-refractivity contribution < 1.29 is 4.79 Å². The van der Waals surface area contributed by atoms with Crippen molar-refractivity contribution in [2.24, 2.45) is 0 Å². The Morgan fingerprint density at radius 2 is 2.06 bits per heavy atom. The molecule has 1 saturated heterocycles. The molecule has 7 nitrogen and oxygen atoms in total. The highest BCUT2D eigenvalue weighted by molar-refractivity contribution is 6.12. The SMILES string of the molecule is C=C(/C=C\C)Cc1nc(NCCCN2CCCCC2)c2c(n1)[nH]c1cc(C(=O)NC)ccc12. The number of aromatic amines is 1. The van der Waals surface area contributed by atoms with Gasteiger partial charge in [0.05, 0.1) is 5.39 Å². The fourth-order valence-corrected chi connectivity index (χ4v) is 4.53. The van der Waals surface area contributed by atoms with Crippen LogP contribution in [0.2, 0.25) is 0 Å². The van der Waals surface area contributed by atoms with E-state index in [1.807, 2.05) is 37.3 Å². The number of fused-ring (bicyclic) bond motifs is 3. The third-order valence-corrected chi connectivity index (χ3v) is 6.17. The molecule has 1 aliphatic heterocycles. The maximum Gasteiger partial charge on any atom is 0.251 e. The van der Waals surface area contributed by atoms with Crippen LogP contribution in [-0.4, -0.2) is 59.0 Å². The van der Waals surface area contributed by atoms with Gasteiger partial charge in [0.15, 0.2) is 0 Å². The van der Waals surface area contributed by atoms with Gasteiger partial charge in [0.25, 0.3) is 5.91 Å². The molecule has 3 N–H and O–H groups in total. The number of carbonyl (C=O) groups is 1. The zero-order valence-corrected chi connectivity index (χ0v) is 19.7. The van der Waals surface area contributed by atoms with E-state index in [9.17, 15) is 4.79 Å². The number of H-pyrrole nitrogens is 1. The van der Waals surface area contributed by atoms with Gasteiger partial charge in [-0.2, -0.15) is 0 Å². The lowest BCUT2D eigenvalue weighted by molar-refractivity contribution is 0.0963. The number of carbonyl (C=O) groups excluding carboxylic acids is 1. The molecule has 1 aliphatic rings. The summed E-state index contributed by atoms with van der Waals surface area (Å²) in [4.78, 5) is 27.7. The van der Waals surface area contributed by atoms with E-state index >= 15 is 0 Å². The lowest BCUT2D eigenvalue weighted by atomic mass is 10.1. The van der Waals surface area contributed by atoms with Crippen LogP contribution >= 0.6 is 0 Å². The number of nitrogens with one attached hydrogen (secondary N) is 3. The van der Waals surface area contributed by atoms with E-state index in [2.05, 4.69) is 27.1 Å². The quantitative estimate of drug-likeness (QED) is 0.334. The second-order valence-corrected chi connectivity index (χ2v) is 8.69. The molecule has 0 bridgehead atoms. The highest BCUT2D eigenvalue weighted by Gasteiger charge is 2.16. The molecule has 0 spiro atoms. The maximum atomic E-state index is 12.1. The third-order valence-electron chi connectivity index (χ3n) is 6.17. The number of anilines is 1. The first-order valence-electron chi connectivity index (χ1n) is 11.9. The largest absolute Gasteiger partial charge is 0.369 e. The van der Waals surface area contributed by atoms with E-state index in [1.165, 1.54) is 32.4 Å². The summed E-state index contributed by atoms with van der Waals surface area (Å²) in [6.07, 6.45) is 9.59. The van der Waals surface area contributed by atoms with Crippen LogP contribution in [0, 0.1) is 0 Å². The summed E-state index contributed by atoms with van der Waals surface area (Å²) in [5.74, 6) is 1.45. The van der Waals surface area contributed by atoms with Gasteiger partial charge in [0, 0.05) is 36.5 Å². The molecule has 0 unspecified atom stereocenters. The van der Waals surface area contributed by atoms with Crippen molar-refractivity contribution in [2.45, 2.75) is 39.0 Å². The standard InChI is InChI=1S/C26H34N6O/c1-4-9-18(2)16-22-30-24(28-12-8-15-32-13-6-5-7-14-32)23-20-11-10-19(26(33)27-3)17-21(20)29-25(23)31-22/h4,9-11,17H,2,5-8,12-16H2,1,3H3,(H,27,33)(H2,28,29,30,31)/b9-4-. The predicted molar refractivity (Wildman–Crippen MR) is 136 cm³/mol. The van der Waals surface area contributed by atoms with Gasteiger partial charge in [-0.1, -0.05) is 31.2 Å². The van der Waals surface area contributed by atoms with Crippen LogP contribution in [0.4, 0.5) is 5.82 Å². The molecule has 0 radical (unpaired) electrons. The monoisotopic (exact) mass is 446 g/mol. The Labute approximate surface area is 195 Å². The van der Waals surface area contributed by atoms with E-state index < -0.39 is 0 Å². The number of benzene rings is 1. The minimum Gasteiger partial charge on any atom is -0.369 e. The molecule has 2 aromatic heterocycles. The Hall–Kier alpha value is -3.19. The molecule has 1 amide bonds. The normalized spacial score (nSPS) is 14.8. The van der Waals surface area contributed by atoms with Gasteiger partial charge >= 0.3 is 0 Å².